The number of piperidine rings is 1. The molecule has 1 aliphatic rings. The molecule has 1 N–H and O–H groups in total. The molecule has 3 heterocycles. The lowest BCUT2D eigenvalue weighted by molar-refractivity contribution is 0.0962. The van der Waals surface area contributed by atoms with Crippen molar-refractivity contribution in [1.29, 1.82) is 0 Å². The zero-order valence-electron chi connectivity index (χ0n) is 12.6. The van der Waals surface area contributed by atoms with Crippen molar-refractivity contribution in [3.8, 4) is 0 Å². The van der Waals surface area contributed by atoms with Crippen LogP contribution in [-0.2, 0) is 0 Å². The largest absolute Gasteiger partial charge is 0.355 e. The third-order valence-corrected chi connectivity index (χ3v) is 4.06. The number of amides is 1. The van der Waals surface area contributed by atoms with E-state index in [1.807, 2.05) is 12.1 Å². The van der Waals surface area contributed by atoms with E-state index in [0.717, 1.165) is 37.4 Å². The molecule has 0 spiro atoms. The second kappa shape index (κ2) is 6.51. The van der Waals surface area contributed by atoms with Crippen LogP contribution in [0.25, 0.3) is 0 Å². The zero-order chi connectivity index (χ0) is 15.4. The van der Waals surface area contributed by atoms with Gasteiger partial charge < -0.3 is 10.2 Å². The fourth-order valence-electron chi connectivity index (χ4n) is 2.78. The van der Waals surface area contributed by atoms with Gasteiger partial charge in [0.15, 0.2) is 0 Å². The molecule has 1 saturated heterocycles. The monoisotopic (exact) mass is 297 g/mol. The van der Waals surface area contributed by atoms with Gasteiger partial charge in [0.25, 0.3) is 5.91 Å². The smallest absolute Gasteiger partial charge is 0.252 e. The molecule has 22 heavy (non-hydrogen) atoms. The summed E-state index contributed by atoms with van der Waals surface area (Å²) >= 11 is 0. The molecular weight excluding hydrogens is 278 g/mol. The van der Waals surface area contributed by atoms with E-state index in [1.54, 1.807) is 31.8 Å². The molecule has 0 saturated carbocycles. The van der Waals surface area contributed by atoms with Crippen LogP contribution in [0.3, 0.4) is 0 Å². The normalized spacial score (nSPS) is 15.6. The maximum atomic E-state index is 11.5. The van der Waals surface area contributed by atoms with Crippen molar-refractivity contribution in [2.24, 2.45) is 0 Å². The number of pyridine rings is 1. The summed E-state index contributed by atoms with van der Waals surface area (Å²) in [4.78, 5) is 26.7. The van der Waals surface area contributed by atoms with Crippen LogP contribution >= 0.6 is 0 Å². The van der Waals surface area contributed by atoms with Gasteiger partial charge in [0.1, 0.15) is 5.82 Å². The molecule has 0 radical (unpaired) electrons. The van der Waals surface area contributed by atoms with Crippen LogP contribution in [0.2, 0.25) is 0 Å². The summed E-state index contributed by atoms with van der Waals surface area (Å²) in [6.45, 7) is 1.89. The van der Waals surface area contributed by atoms with Gasteiger partial charge in [0, 0.05) is 50.3 Å². The summed E-state index contributed by atoms with van der Waals surface area (Å²) in [6.07, 6.45) is 8.93. The lowest BCUT2D eigenvalue weighted by Gasteiger charge is -2.32. The number of rotatable bonds is 3. The maximum Gasteiger partial charge on any atom is 0.252 e. The number of anilines is 1. The molecular formula is C16H19N5O. The van der Waals surface area contributed by atoms with Crippen molar-refractivity contribution in [3.63, 3.8) is 0 Å². The molecule has 1 amide bonds. The van der Waals surface area contributed by atoms with Crippen molar-refractivity contribution in [3.05, 3.63) is 48.2 Å². The van der Waals surface area contributed by atoms with Crippen LogP contribution < -0.4 is 10.2 Å². The number of nitrogens with one attached hydrogen (secondary N) is 1. The third-order valence-electron chi connectivity index (χ3n) is 4.06. The van der Waals surface area contributed by atoms with Crippen LogP contribution in [0.5, 0.6) is 0 Å². The topological polar surface area (TPSA) is 71.0 Å². The molecule has 0 aromatic carbocycles. The van der Waals surface area contributed by atoms with E-state index in [-0.39, 0.29) is 5.91 Å². The fourth-order valence-corrected chi connectivity index (χ4v) is 2.78. The van der Waals surface area contributed by atoms with Gasteiger partial charge in [-0.2, -0.15) is 0 Å². The minimum Gasteiger partial charge on any atom is -0.355 e. The van der Waals surface area contributed by atoms with Gasteiger partial charge in [0.05, 0.1) is 11.8 Å². The molecule has 1 aliphatic heterocycles. The maximum absolute atomic E-state index is 11.5. The number of hydrogen-bond donors (Lipinski definition) is 1. The second-order valence-corrected chi connectivity index (χ2v) is 5.38. The molecule has 0 atom stereocenters. The quantitative estimate of drug-likeness (QED) is 0.932. The highest BCUT2D eigenvalue weighted by molar-refractivity contribution is 5.93. The molecule has 114 valence electrons. The first-order chi connectivity index (χ1) is 10.8. The van der Waals surface area contributed by atoms with Gasteiger partial charge >= 0.3 is 0 Å². The first-order valence-corrected chi connectivity index (χ1v) is 7.47. The Morgan fingerprint density at radius 3 is 2.59 bits per heavy atom. The average Bonchev–Trinajstić information content (AvgIpc) is 2.62. The van der Waals surface area contributed by atoms with Gasteiger partial charge in [-0.15, -0.1) is 0 Å². The van der Waals surface area contributed by atoms with Crippen molar-refractivity contribution in [2.75, 3.05) is 25.0 Å². The predicted octanol–water partition coefficient (Wildman–Crippen LogP) is 1.62. The first-order valence-electron chi connectivity index (χ1n) is 7.47. The molecule has 1 fully saturated rings. The van der Waals surface area contributed by atoms with Crippen LogP contribution in [0.1, 0.15) is 34.8 Å². The standard InChI is InChI=1S/C16H19N5O/c1-17-16(22)13-2-3-14(20-10-13)12-4-8-21(9-5-12)15-11-18-6-7-19-15/h2-3,6-7,10-12H,4-5,8-9H2,1H3,(H,17,22). The Bertz CT molecular complexity index is 621. The molecule has 0 bridgehead atoms. The number of carbonyl (C=O) groups is 1. The lowest BCUT2D eigenvalue weighted by Crippen LogP contribution is -2.33. The van der Waals surface area contributed by atoms with E-state index in [0.29, 0.717) is 11.5 Å². The summed E-state index contributed by atoms with van der Waals surface area (Å²) in [5.41, 5.74) is 1.66. The van der Waals surface area contributed by atoms with Crippen LogP contribution in [0, 0.1) is 0 Å². The minimum absolute atomic E-state index is 0.100. The molecule has 2 aromatic heterocycles. The van der Waals surface area contributed by atoms with E-state index in [2.05, 4.69) is 25.2 Å². The van der Waals surface area contributed by atoms with E-state index in [9.17, 15) is 4.79 Å². The van der Waals surface area contributed by atoms with E-state index in [1.165, 1.54) is 0 Å². The summed E-state index contributed by atoms with van der Waals surface area (Å²) in [7, 11) is 1.62. The first kappa shape index (κ1) is 14.4. The van der Waals surface area contributed by atoms with E-state index >= 15 is 0 Å². The Kier molecular flexibility index (Phi) is 4.27. The Morgan fingerprint density at radius 2 is 2.00 bits per heavy atom. The fraction of sp³-hybridized carbons (Fsp3) is 0.375. The Balaban J connectivity index is 1.63. The summed E-state index contributed by atoms with van der Waals surface area (Å²) < 4.78 is 0. The molecule has 6 heteroatoms. The lowest BCUT2D eigenvalue weighted by atomic mass is 9.93. The van der Waals surface area contributed by atoms with E-state index in [4.69, 9.17) is 0 Å². The van der Waals surface area contributed by atoms with E-state index < -0.39 is 0 Å². The van der Waals surface area contributed by atoms with Gasteiger partial charge in [0.2, 0.25) is 0 Å². The molecule has 0 unspecified atom stereocenters. The Hall–Kier alpha value is -2.50. The summed E-state index contributed by atoms with van der Waals surface area (Å²) in [5, 5.41) is 2.61. The third kappa shape index (κ3) is 3.05. The highest BCUT2D eigenvalue weighted by Gasteiger charge is 2.22. The molecule has 6 nitrogen and oxygen atoms in total. The van der Waals surface area contributed by atoms with Crippen molar-refractivity contribution >= 4 is 11.7 Å². The SMILES string of the molecule is CNC(=O)c1ccc(C2CCN(c3cnccn3)CC2)nc1. The second-order valence-electron chi connectivity index (χ2n) is 5.38. The van der Waals surface area contributed by atoms with Gasteiger partial charge in [-0.3, -0.25) is 14.8 Å². The molecule has 2 aromatic rings. The average molecular weight is 297 g/mol. The van der Waals surface area contributed by atoms with Crippen molar-refractivity contribution in [1.82, 2.24) is 20.3 Å². The van der Waals surface area contributed by atoms with Gasteiger partial charge in [-0.25, -0.2) is 4.98 Å². The Morgan fingerprint density at radius 1 is 1.18 bits per heavy atom. The van der Waals surface area contributed by atoms with Crippen molar-refractivity contribution < 1.29 is 4.79 Å². The van der Waals surface area contributed by atoms with Crippen molar-refractivity contribution in [2.45, 2.75) is 18.8 Å². The van der Waals surface area contributed by atoms with Crippen LogP contribution in [0.4, 0.5) is 5.82 Å². The summed E-state index contributed by atoms with van der Waals surface area (Å²) in [5.74, 6) is 1.27. The number of nitrogens with zero attached hydrogens (tertiary/aromatic N) is 4. The van der Waals surface area contributed by atoms with Gasteiger partial charge in [-0.1, -0.05) is 0 Å². The molecule has 0 aliphatic carbocycles. The minimum atomic E-state index is -0.100. The Labute approximate surface area is 129 Å². The number of aromatic nitrogens is 3. The summed E-state index contributed by atoms with van der Waals surface area (Å²) in [6, 6.07) is 3.81. The highest BCUT2D eigenvalue weighted by Crippen LogP contribution is 2.28. The predicted molar refractivity (Wildman–Crippen MR) is 83.8 cm³/mol. The van der Waals surface area contributed by atoms with Crippen LogP contribution in [-0.4, -0.2) is 41.0 Å². The zero-order valence-corrected chi connectivity index (χ0v) is 12.6. The molecule has 3 rings (SSSR count). The number of carbonyl (C=O) groups excluding carboxylic acids is 1. The number of hydrogen-bond acceptors (Lipinski definition) is 5. The van der Waals surface area contributed by atoms with Crippen LogP contribution in [0.15, 0.2) is 36.9 Å². The van der Waals surface area contributed by atoms with Gasteiger partial charge in [-0.05, 0) is 25.0 Å². The highest BCUT2D eigenvalue weighted by atomic mass is 16.1.